The first kappa shape index (κ1) is 21.2. The van der Waals surface area contributed by atoms with Crippen molar-refractivity contribution in [2.24, 2.45) is 0 Å². The van der Waals surface area contributed by atoms with Crippen molar-refractivity contribution in [2.75, 3.05) is 26.7 Å². The molecule has 2 aliphatic heterocycles. The van der Waals surface area contributed by atoms with Crippen LogP contribution in [0.15, 0.2) is 48.5 Å². The van der Waals surface area contributed by atoms with Gasteiger partial charge < -0.3 is 14.4 Å². The summed E-state index contributed by atoms with van der Waals surface area (Å²) in [6.07, 6.45) is 5.50. The number of piperidine rings is 1. The number of fused-ring (bicyclic) bond motifs is 1. The summed E-state index contributed by atoms with van der Waals surface area (Å²) in [7, 11) is 1.32. The Morgan fingerprint density at radius 2 is 2.00 bits per heavy atom. The van der Waals surface area contributed by atoms with Crippen LogP contribution in [0.4, 0.5) is 4.39 Å². The second-order valence-electron chi connectivity index (χ2n) is 8.18. The van der Waals surface area contributed by atoms with Gasteiger partial charge in [-0.15, -0.1) is 0 Å². The lowest BCUT2D eigenvalue weighted by atomic mass is 9.82. The molecule has 162 valence electrons. The number of hydrogen-bond acceptors (Lipinski definition) is 5. The van der Waals surface area contributed by atoms with Gasteiger partial charge in [-0.25, -0.2) is 9.18 Å². The fourth-order valence-electron chi connectivity index (χ4n) is 4.29. The van der Waals surface area contributed by atoms with Gasteiger partial charge in [0.05, 0.1) is 19.1 Å². The zero-order valence-electron chi connectivity index (χ0n) is 17.6. The summed E-state index contributed by atoms with van der Waals surface area (Å²) in [5, 5.41) is 0. The van der Waals surface area contributed by atoms with Crippen LogP contribution in [0, 0.1) is 5.82 Å². The second-order valence-corrected chi connectivity index (χ2v) is 8.18. The Balaban J connectivity index is 1.38. The Morgan fingerprint density at radius 3 is 2.74 bits per heavy atom. The lowest BCUT2D eigenvalue weighted by molar-refractivity contribution is -0.134. The molecule has 1 saturated heterocycles. The normalized spacial score (nSPS) is 18.1. The summed E-state index contributed by atoms with van der Waals surface area (Å²) < 4.78 is 24.8. The maximum Gasteiger partial charge on any atom is 0.330 e. The molecule has 0 radical (unpaired) electrons. The van der Waals surface area contributed by atoms with E-state index in [-0.39, 0.29) is 11.6 Å². The highest BCUT2D eigenvalue weighted by Crippen LogP contribution is 2.39. The Morgan fingerprint density at radius 1 is 1.23 bits per heavy atom. The van der Waals surface area contributed by atoms with Crippen molar-refractivity contribution in [3.63, 3.8) is 0 Å². The van der Waals surface area contributed by atoms with Gasteiger partial charge in [-0.2, -0.15) is 0 Å². The lowest BCUT2D eigenvalue weighted by Gasteiger charge is -2.44. The highest BCUT2D eigenvalue weighted by Gasteiger charge is 2.42. The Kier molecular flexibility index (Phi) is 6.18. The third kappa shape index (κ3) is 4.85. The van der Waals surface area contributed by atoms with E-state index in [0.717, 1.165) is 43.6 Å². The summed E-state index contributed by atoms with van der Waals surface area (Å²) in [5.74, 6) is 0.0660. The monoisotopic (exact) mass is 423 g/mol. The van der Waals surface area contributed by atoms with Gasteiger partial charge in [0.15, 0.2) is 5.78 Å². The number of Topliss-reactive ketones (excluding diaryl/α,β-unsaturated/α-hetero) is 1. The maximum absolute atomic E-state index is 13.8. The van der Waals surface area contributed by atoms with E-state index in [1.54, 1.807) is 24.3 Å². The van der Waals surface area contributed by atoms with Crippen LogP contribution >= 0.6 is 0 Å². The quantitative estimate of drug-likeness (QED) is 0.536. The predicted octanol–water partition coefficient (Wildman–Crippen LogP) is 4.05. The van der Waals surface area contributed by atoms with Gasteiger partial charge in [-0.05, 0) is 41.8 Å². The van der Waals surface area contributed by atoms with Gasteiger partial charge >= 0.3 is 5.97 Å². The van der Waals surface area contributed by atoms with Crippen LogP contribution in [-0.2, 0) is 16.0 Å². The SMILES string of the molecule is COC(=O)/C=C/c1ccc2c(c1)C(=O)CC1(CCN(CCc3ccccc3F)CC1)O2. The number of hydrogen-bond donors (Lipinski definition) is 0. The molecule has 0 atom stereocenters. The first-order chi connectivity index (χ1) is 15.0. The maximum atomic E-state index is 13.8. The molecular formula is C25H26FNO4. The minimum absolute atomic E-state index is 0.0642. The molecule has 2 aromatic rings. The molecule has 0 N–H and O–H groups in total. The standard InChI is InChI=1S/C25H26FNO4/c1-30-24(29)9-7-18-6-8-23-20(16-18)22(28)17-25(31-23)11-14-27(15-12-25)13-10-19-4-2-3-5-21(19)26/h2-9,16H,10-15,17H2,1H3/b9-7+. The fraction of sp³-hybridized carbons (Fsp3) is 0.360. The van der Waals surface area contributed by atoms with Gasteiger partial charge in [-0.1, -0.05) is 24.3 Å². The van der Waals surface area contributed by atoms with Crippen LogP contribution in [0.5, 0.6) is 5.75 Å². The number of ether oxygens (including phenoxy) is 2. The van der Waals surface area contributed by atoms with Gasteiger partial charge in [0.25, 0.3) is 0 Å². The van der Waals surface area contributed by atoms with Gasteiger partial charge in [0.1, 0.15) is 17.2 Å². The fourth-order valence-corrected chi connectivity index (χ4v) is 4.29. The number of halogens is 1. The molecule has 6 heteroatoms. The van der Waals surface area contributed by atoms with Crippen molar-refractivity contribution >= 4 is 17.8 Å². The van der Waals surface area contributed by atoms with Gasteiger partial charge in [-0.3, -0.25) is 4.79 Å². The molecule has 5 nitrogen and oxygen atoms in total. The van der Waals surface area contributed by atoms with E-state index in [2.05, 4.69) is 9.64 Å². The van der Waals surface area contributed by atoms with E-state index in [0.29, 0.717) is 24.2 Å². The minimum atomic E-state index is -0.470. The van der Waals surface area contributed by atoms with Gasteiger partial charge in [0, 0.05) is 38.6 Å². The molecule has 0 aliphatic carbocycles. The van der Waals surface area contributed by atoms with Crippen LogP contribution in [0.3, 0.4) is 0 Å². The molecule has 0 unspecified atom stereocenters. The van der Waals surface area contributed by atoms with E-state index in [1.807, 2.05) is 18.2 Å². The Bertz CT molecular complexity index is 1010. The molecule has 2 heterocycles. The molecule has 0 bridgehead atoms. The molecule has 31 heavy (non-hydrogen) atoms. The summed E-state index contributed by atoms with van der Waals surface area (Å²) in [5.41, 5.74) is 1.57. The molecule has 1 fully saturated rings. The van der Waals surface area contributed by atoms with Crippen LogP contribution < -0.4 is 4.74 Å². The summed E-state index contributed by atoms with van der Waals surface area (Å²) in [6.45, 7) is 2.42. The molecule has 1 spiro atoms. The van der Waals surface area contributed by atoms with Crippen molar-refractivity contribution < 1.29 is 23.5 Å². The molecule has 0 amide bonds. The average Bonchev–Trinajstić information content (AvgIpc) is 2.78. The van der Waals surface area contributed by atoms with Crippen molar-refractivity contribution in [2.45, 2.75) is 31.3 Å². The van der Waals surface area contributed by atoms with E-state index in [9.17, 15) is 14.0 Å². The second kappa shape index (κ2) is 9.02. The first-order valence-corrected chi connectivity index (χ1v) is 10.6. The number of carbonyl (C=O) groups excluding carboxylic acids is 2. The lowest BCUT2D eigenvalue weighted by Crippen LogP contribution is -2.51. The summed E-state index contributed by atoms with van der Waals surface area (Å²) in [6, 6.07) is 12.3. The molecule has 2 aromatic carbocycles. The highest BCUT2D eigenvalue weighted by molar-refractivity contribution is 6.01. The smallest absolute Gasteiger partial charge is 0.330 e. The zero-order chi connectivity index (χ0) is 21.8. The van der Waals surface area contributed by atoms with E-state index in [4.69, 9.17) is 4.74 Å². The van der Waals surface area contributed by atoms with Crippen LogP contribution in [0.1, 0.15) is 40.7 Å². The Hall–Kier alpha value is -2.99. The number of carbonyl (C=O) groups is 2. The number of likely N-dealkylation sites (tertiary alicyclic amines) is 1. The number of esters is 1. The minimum Gasteiger partial charge on any atom is -0.486 e. The number of nitrogens with zero attached hydrogens (tertiary/aromatic N) is 1. The van der Waals surface area contributed by atoms with Crippen molar-refractivity contribution in [1.82, 2.24) is 4.90 Å². The Labute approximate surface area is 181 Å². The third-order valence-electron chi connectivity index (χ3n) is 6.15. The summed E-state index contributed by atoms with van der Waals surface area (Å²) in [4.78, 5) is 26.5. The van der Waals surface area contributed by atoms with Crippen LogP contribution in [-0.4, -0.2) is 49.0 Å². The summed E-state index contributed by atoms with van der Waals surface area (Å²) >= 11 is 0. The number of rotatable bonds is 5. The van der Waals surface area contributed by atoms with Crippen molar-refractivity contribution in [1.29, 1.82) is 0 Å². The van der Waals surface area contributed by atoms with Crippen molar-refractivity contribution in [3.05, 3.63) is 71.0 Å². The molecule has 0 aromatic heterocycles. The molecule has 0 saturated carbocycles. The van der Waals surface area contributed by atoms with E-state index >= 15 is 0 Å². The van der Waals surface area contributed by atoms with E-state index in [1.165, 1.54) is 19.3 Å². The average molecular weight is 423 g/mol. The van der Waals surface area contributed by atoms with E-state index < -0.39 is 11.6 Å². The van der Waals surface area contributed by atoms with Gasteiger partial charge in [0.2, 0.25) is 0 Å². The topological polar surface area (TPSA) is 55.8 Å². The first-order valence-electron chi connectivity index (χ1n) is 10.6. The zero-order valence-corrected chi connectivity index (χ0v) is 17.6. The van der Waals surface area contributed by atoms with Crippen LogP contribution in [0.25, 0.3) is 6.08 Å². The molecular weight excluding hydrogens is 397 g/mol. The van der Waals surface area contributed by atoms with Crippen molar-refractivity contribution in [3.8, 4) is 5.75 Å². The number of benzene rings is 2. The third-order valence-corrected chi connectivity index (χ3v) is 6.15. The predicted molar refractivity (Wildman–Crippen MR) is 116 cm³/mol. The highest BCUT2D eigenvalue weighted by atomic mass is 19.1. The van der Waals surface area contributed by atoms with Crippen LogP contribution in [0.2, 0.25) is 0 Å². The molecule has 4 rings (SSSR count). The number of ketones is 1. The molecule has 2 aliphatic rings. The largest absolute Gasteiger partial charge is 0.486 e. The number of methoxy groups -OCH3 is 1.